The van der Waals surface area contributed by atoms with Gasteiger partial charge in [-0.15, -0.1) is 0 Å². The highest BCUT2D eigenvalue weighted by Crippen LogP contribution is 2.32. The van der Waals surface area contributed by atoms with E-state index in [9.17, 15) is 17.6 Å². The summed E-state index contributed by atoms with van der Waals surface area (Å²) < 4.78 is 45.0. The number of benzene rings is 2. The van der Waals surface area contributed by atoms with Gasteiger partial charge in [-0.05, 0) is 55.2 Å². The van der Waals surface area contributed by atoms with Gasteiger partial charge in [-0.25, -0.2) is 12.8 Å². The number of halogens is 1. The molecule has 1 atom stereocenters. The Balaban J connectivity index is 1.53. The van der Waals surface area contributed by atoms with E-state index in [-0.39, 0.29) is 30.2 Å². The number of amides is 1. The number of hydrogen-bond acceptors (Lipinski definition) is 4. The van der Waals surface area contributed by atoms with E-state index in [2.05, 4.69) is 0 Å². The molecule has 6 nitrogen and oxygen atoms in total. The molecule has 1 aliphatic carbocycles. The van der Waals surface area contributed by atoms with Crippen molar-refractivity contribution in [3.8, 4) is 5.75 Å². The van der Waals surface area contributed by atoms with E-state index in [0.717, 1.165) is 29.5 Å². The average Bonchev–Trinajstić information content (AvgIpc) is 3.55. The van der Waals surface area contributed by atoms with E-state index < -0.39 is 10.0 Å². The summed E-state index contributed by atoms with van der Waals surface area (Å²) in [4.78, 5) is 14.8. The Labute approximate surface area is 182 Å². The molecule has 0 aromatic heterocycles. The van der Waals surface area contributed by atoms with Gasteiger partial charge in [0.25, 0.3) is 0 Å². The normalized spacial score (nSPS) is 19.0. The molecule has 4 rings (SSSR count). The van der Waals surface area contributed by atoms with Crippen LogP contribution < -0.4 is 4.74 Å². The molecule has 0 radical (unpaired) electrons. The van der Waals surface area contributed by atoms with Crippen molar-refractivity contribution in [2.45, 2.75) is 51.4 Å². The molecule has 1 saturated carbocycles. The molecule has 0 N–H and O–H groups in total. The van der Waals surface area contributed by atoms with E-state index in [1.54, 1.807) is 21.3 Å². The monoisotopic (exact) mass is 446 g/mol. The Morgan fingerprint density at radius 1 is 1.16 bits per heavy atom. The molecule has 1 aliphatic heterocycles. The van der Waals surface area contributed by atoms with Gasteiger partial charge in [0, 0.05) is 24.7 Å². The maximum atomic E-state index is 13.2. The van der Waals surface area contributed by atoms with Crippen molar-refractivity contribution in [1.82, 2.24) is 9.21 Å². The molecule has 0 spiro atoms. The Morgan fingerprint density at radius 2 is 1.84 bits per heavy atom. The smallest absolute Gasteiger partial charge is 0.227 e. The summed E-state index contributed by atoms with van der Waals surface area (Å²) in [5.74, 6) is 0.324. The maximum Gasteiger partial charge on any atom is 0.227 e. The van der Waals surface area contributed by atoms with Crippen molar-refractivity contribution in [2.24, 2.45) is 0 Å². The molecule has 2 aliphatic rings. The number of nitrogens with zero attached hydrogens (tertiary/aromatic N) is 2. The third-order valence-electron chi connectivity index (χ3n) is 5.79. The minimum atomic E-state index is -3.29. The molecular formula is C23H27FN2O4S. The van der Waals surface area contributed by atoms with Crippen molar-refractivity contribution in [3.63, 3.8) is 0 Å². The van der Waals surface area contributed by atoms with Gasteiger partial charge in [-0.3, -0.25) is 4.79 Å². The van der Waals surface area contributed by atoms with Gasteiger partial charge in [0.1, 0.15) is 18.2 Å². The average molecular weight is 447 g/mol. The summed E-state index contributed by atoms with van der Waals surface area (Å²) in [7, 11) is -3.29. The van der Waals surface area contributed by atoms with E-state index in [0.29, 0.717) is 25.4 Å². The summed E-state index contributed by atoms with van der Waals surface area (Å²) in [6, 6.07) is 11.6. The van der Waals surface area contributed by atoms with Crippen LogP contribution >= 0.6 is 0 Å². The van der Waals surface area contributed by atoms with Crippen LogP contribution in [0.4, 0.5) is 4.39 Å². The van der Waals surface area contributed by atoms with Crippen LogP contribution in [0.2, 0.25) is 0 Å². The lowest BCUT2D eigenvalue weighted by atomic mass is 10.1. The summed E-state index contributed by atoms with van der Waals surface area (Å²) in [5, 5.41) is 0. The fourth-order valence-corrected chi connectivity index (χ4v) is 5.04. The zero-order chi connectivity index (χ0) is 22.2. The van der Waals surface area contributed by atoms with Gasteiger partial charge in [-0.1, -0.05) is 18.2 Å². The third-order valence-corrected chi connectivity index (χ3v) is 7.06. The van der Waals surface area contributed by atoms with E-state index in [4.69, 9.17) is 4.74 Å². The first-order valence-corrected chi connectivity index (χ1v) is 12.3. The van der Waals surface area contributed by atoms with Crippen LogP contribution in [0.25, 0.3) is 0 Å². The number of carbonyl (C=O) groups is 1. The van der Waals surface area contributed by atoms with Crippen molar-refractivity contribution in [2.75, 3.05) is 12.9 Å². The van der Waals surface area contributed by atoms with Gasteiger partial charge >= 0.3 is 0 Å². The topological polar surface area (TPSA) is 66.9 Å². The second kappa shape index (κ2) is 8.59. The standard InChI is InChI=1S/C23H27FN2O4S/c1-16-15-30-22-10-5-18(13-26(21-8-9-21)31(2,28)29)11-19(22)14-25(16)23(27)12-17-3-6-20(24)7-4-17/h3-7,10-11,16,21H,8-9,12-15H2,1-2H3/t16-/m0/s1. The van der Waals surface area contributed by atoms with E-state index in [1.807, 2.05) is 25.1 Å². The Morgan fingerprint density at radius 3 is 2.48 bits per heavy atom. The zero-order valence-corrected chi connectivity index (χ0v) is 18.6. The second-order valence-electron chi connectivity index (χ2n) is 8.47. The summed E-state index contributed by atoms with van der Waals surface area (Å²) >= 11 is 0. The maximum absolute atomic E-state index is 13.2. The lowest BCUT2D eigenvalue weighted by Crippen LogP contribution is -2.40. The van der Waals surface area contributed by atoms with Gasteiger partial charge in [-0.2, -0.15) is 4.31 Å². The van der Waals surface area contributed by atoms with Crippen LogP contribution in [-0.4, -0.2) is 48.5 Å². The molecular weight excluding hydrogens is 419 g/mol. The fourth-order valence-electron chi connectivity index (χ4n) is 3.91. The van der Waals surface area contributed by atoms with Crippen LogP contribution in [0.5, 0.6) is 5.75 Å². The number of carbonyl (C=O) groups excluding carboxylic acids is 1. The first-order chi connectivity index (χ1) is 14.7. The predicted octanol–water partition coefficient (Wildman–Crippen LogP) is 3.10. The minimum absolute atomic E-state index is 0.0586. The lowest BCUT2D eigenvalue weighted by Gasteiger charge is -2.26. The number of fused-ring (bicyclic) bond motifs is 1. The van der Waals surface area contributed by atoms with Crippen LogP contribution in [0.3, 0.4) is 0 Å². The van der Waals surface area contributed by atoms with Crippen LogP contribution in [0.15, 0.2) is 42.5 Å². The van der Waals surface area contributed by atoms with Crippen molar-refractivity contribution in [1.29, 1.82) is 0 Å². The summed E-state index contributed by atoms with van der Waals surface area (Å²) in [5.41, 5.74) is 2.49. The molecule has 1 heterocycles. The summed E-state index contributed by atoms with van der Waals surface area (Å²) in [6.07, 6.45) is 3.22. The molecule has 8 heteroatoms. The van der Waals surface area contributed by atoms with Crippen LogP contribution in [0.1, 0.15) is 36.5 Å². The van der Waals surface area contributed by atoms with Gasteiger partial charge in [0.15, 0.2) is 0 Å². The lowest BCUT2D eigenvalue weighted by molar-refractivity contribution is -0.133. The molecule has 2 aromatic carbocycles. The molecule has 0 bridgehead atoms. The highest BCUT2D eigenvalue weighted by molar-refractivity contribution is 7.88. The number of ether oxygens (including phenoxy) is 1. The van der Waals surface area contributed by atoms with Crippen LogP contribution in [0, 0.1) is 5.82 Å². The summed E-state index contributed by atoms with van der Waals surface area (Å²) in [6.45, 7) is 3.01. The molecule has 0 unspecified atom stereocenters. The van der Waals surface area contributed by atoms with Crippen molar-refractivity contribution in [3.05, 3.63) is 65.0 Å². The molecule has 31 heavy (non-hydrogen) atoms. The molecule has 0 saturated heterocycles. The zero-order valence-electron chi connectivity index (χ0n) is 17.8. The largest absolute Gasteiger partial charge is 0.491 e. The molecule has 1 amide bonds. The Hall–Kier alpha value is -2.45. The fraction of sp³-hybridized carbons (Fsp3) is 0.435. The number of hydrogen-bond donors (Lipinski definition) is 0. The second-order valence-corrected chi connectivity index (χ2v) is 10.4. The van der Waals surface area contributed by atoms with Crippen LogP contribution in [-0.2, 0) is 34.3 Å². The van der Waals surface area contributed by atoms with Crippen molar-refractivity contribution < 1.29 is 22.3 Å². The number of rotatable bonds is 6. The Kier molecular flexibility index (Phi) is 6.03. The van der Waals surface area contributed by atoms with Gasteiger partial charge in [0.05, 0.1) is 18.7 Å². The molecule has 166 valence electrons. The first-order valence-electron chi connectivity index (χ1n) is 10.5. The minimum Gasteiger partial charge on any atom is -0.491 e. The van der Waals surface area contributed by atoms with Crippen molar-refractivity contribution >= 4 is 15.9 Å². The number of sulfonamides is 1. The highest BCUT2D eigenvalue weighted by atomic mass is 32.2. The van der Waals surface area contributed by atoms with E-state index in [1.165, 1.54) is 18.4 Å². The first kappa shape index (κ1) is 21.8. The molecule has 2 aromatic rings. The SMILES string of the molecule is C[C@H]1COc2ccc(CN(C3CC3)S(C)(=O)=O)cc2CN1C(=O)Cc1ccc(F)cc1. The van der Waals surface area contributed by atoms with Gasteiger partial charge in [0.2, 0.25) is 15.9 Å². The molecule has 1 fully saturated rings. The predicted molar refractivity (Wildman–Crippen MR) is 115 cm³/mol. The quantitative estimate of drug-likeness (QED) is 0.684. The highest BCUT2D eigenvalue weighted by Gasteiger charge is 2.35. The Bertz CT molecular complexity index is 1070. The third kappa shape index (κ3) is 5.25. The van der Waals surface area contributed by atoms with E-state index >= 15 is 0 Å². The van der Waals surface area contributed by atoms with Gasteiger partial charge < -0.3 is 9.64 Å².